The van der Waals surface area contributed by atoms with Crippen LogP contribution in [0.15, 0.2) is 60.3 Å². The molecule has 35 heavy (non-hydrogen) atoms. The highest BCUT2D eigenvalue weighted by atomic mass is 35.5. The van der Waals surface area contributed by atoms with Gasteiger partial charge in [-0.05, 0) is 23.8 Å². The Bertz CT molecular complexity index is 1350. The number of hydrogen-bond acceptors (Lipinski definition) is 5. The number of hydrogen-bond donors (Lipinski definition) is 2. The van der Waals surface area contributed by atoms with Crippen molar-refractivity contribution in [1.82, 2.24) is 20.1 Å². The quantitative estimate of drug-likeness (QED) is 0.284. The van der Waals surface area contributed by atoms with Crippen LogP contribution in [0.4, 0.5) is 4.79 Å². The van der Waals surface area contributed by atoms with E-state index in [4.69, 9.17) is 16.3 Å². The van der Waals surface area contributed by atoms with Crippen LogP contribution >= 0.6 is 11.6 Å². The lowest BCUT2D eigenvalue weighted by Gasteiger charge is -2.26. The smallest absolute Gasteiger partial charge is 0.331 e. The Hall–Kier alpha value is -3.95. The van der Waals surface area contributed by atoms with Crippen LogP contribution in [0.1, 0.15) is 11.1 Å². The third-order valence-corrected chi connectivity index (χ3v) is 5.90. The van der Waals surface area contributed by atoms with Crippen LogP contribution in [-0.2, 0) is 32.2 Å². The molecule has 0 atom stereocenters. The van der Waals surface area contributed by atoms with Crippen molar-refractivity contribution < 1.29 is 23.9 Å². The molecule has 10 heteroatoms. The van der Waals surface area contributed by atoms with Gasteiger partial charge in [0, 0.05) is 41.3 Å². The lowest BCUT2D eigenvalue weighted by Crippen LogP contribution is -2.53. The number of ether oxygens (including phenoxy) is 1. The molecule has 5 amide bonds. The number of halogens is 1. The van der Waals surface area contributed by atoms with Crippen LogP contribution in [0.25, 0.3) is 17.0 Å². The van der Waals surface area contributed by atoms with Crippen LogP contribution in [0.2, 0.25) is 5.02 Å². The lowest BCUT2D eigenvalue weighted by atomic mass is 10.1. The van der Waals surface area contributed by atoms with Gasteiger partial charge in [-0.15, -0.1) is 0 Å². The number of barbiturate groups is 1. The second-order valence-electron chi connectivity index (χ2n) is 7.87. The van der Waals surface area contributed by atoms with E-state index in [1.807, 2.05) is 24.3 Å². The molecular weight excluding hydrogens is 472 g/mol. The van der Waals surface area contributed by atoms with Gasteiger partial charge >= 0.3 is 6.03 Å². The number of nitrogens with zero attached hydrogens (tertiary/aromatic N) is 2. The summed E-state index contributed by atoms with van der Waals surface area (Å²) in [5.41, 5.74) is 1.70. The Labute approximate surface area is 206 Å². The monoisotopic (exact) mass is 494 g/mol. The second kappa shape index (κ2) is 10.5. The maximum atomic E-state index is 13.2. The first-order valence-electron chi connectivity index (χ1n) is 10.8. The first-order chi connectivity index (χ1) is 16.9. The first kappa shape index (κ1) is 24.2. The number of aromatic nitrogens is 1. The van der Waals surface area contributed by atoms with Crippen molar-refractivity contribution in [3.8, 4) is 0 Å². The van der Waals surface area contributed by atoms with Gasteiger partial charge in [0.15, 0.2) is 0 Å². The molecule has 0 unspecified atom stereocenters. The van der Waals surface area contributed by atoms with Crippen LogP contribution in [0.5, 0.6) is 0 Å². The standard InChI is InChI=1S/C25H23ClN4O5/c1-35-11-10-27-22(31)15-29-13-17(18-7-3-5-9-21(18)29)12-19-23(32)28-25(34)30(24(19)33)14-16-6-2-4-8-20(16)26/h2-9,12-13H,10-11,14-15H2,1H3,(H,27,31)(H,28,32,34). The topological polar surface area (TPSA) is 110 Å². The Morgan fingerprint density at radius 2 is 1.86 bits per heavy atom. The summed E-state index contributed by atoms with van der Waals surface area (Å²) in [6.07, 6.45) is 3.13. The molecule has 9 nitrogen and oxygen atoms in total. The largest absolute Gasteiger partial charge is 0.383 e. The van der Waals surface area contributed by atoms with E-state index in [9.17, 15) is 19.2 Å². The van der Waals surface area contributed by atoms with Crippen LogP contribution in [0, 0.1) is 0 Å². The van der Waals surface area contributed by atoms with Gasteiger partial charge in [0.1, 0.15) is 12.1 Å². The summed E-state index contributed by atoms with van der Waals surface area (Å²) >= 11 is 6.19. The average molecular weight is 495 g/mol. The molecule has 1 fully saturated rings. The molecule has 1 aliphatic rings. The number of methoxy groups -OCH3 is 1. The molecule has 1 aliphatic heterocycles. The number of fused-ring (bicyclic) bond motifs is 1. The molecule has 2 heterocycles. The first-order valence-corrected chi connectivity index (χ1v) is 11.2. The lowest BCUT2D eigenvalue weighted by molar-refractivity contribution is -0.130. The molecule has 0 bridgehead atoms. The molecule has 0 spiro atoms. The van der Waals surface area contributed by atoms with Gasteiger partial charge < -0.3 is 14.6 Å². The van der Waals surface area contributed by atoms with Crippen molar-refractivity contribution in [1.29, 1.82) is 0 Å². The van der Waals surface area contributed by atoms with Crippen molar-refractivity contribution in [2.75, 3.05) is 20.3 Å². The Kier molecular flexibility index (Phi) is 7.28. The minimum atomic E-state index is -0.813. The number of benzene rings is 2. The molecule has 2 aromatic carbocycles. The maximum Gasteiger partial charge on any atom is 0.331 e. The minimum absolute atomic E-state index is 0.0463. The van der Waals surface area contributed by atoms with Gasteiger partial charge in [0.25, 0.3) is 11.8 Å². The molecule has 3 aromatic rings. The van der Waals surface area contributed by atoms with E-state index in [2.05, 4.69) is 10.6 Å². The molecule has 4 rings (SSSR count). The number of carbonyl (C=O) groups is 4. The Morgan fingerprint density at radius 3 is 2.63 bits per heavy atom. The summed E-state index contributed by atoms with van der Waals surface area (Å²) in [6.45, 7) is 0.745. The third-order valence-electron chi connectivity index (χ3n) is 5.53. The van der Waals surface area contributed by atoms with Gasteiger partial charge in [-0.3, -0.25) is 24.6 Å². The van der Waals surface area contributed by atoms with Gasteiger partial charge in [-0.2, -0.15) is 0 Å². The molecular formula is C25H23ClN4O5. The third kappa shape index (κ3) is 5.26. The number of urea groups is 1. The SMILES string of the molecule is COCCNC(=O)Cn1cc(C=C2C(=O)NC(=O)N(Cc3ccccc3Cl)C2=O)c2ccccc21. The van der Waals surface area contributed by atoms with Gasteiger partial charge in [-0.25, -0.2) is 4.79 Å². The average Bonchev–Trinajstić information content (AvgIpc) is 3.17. The number of amides is 5. The van der Waals surface area contributed by atoms with Gasteiger partial charge in [0.05, 0.1) is 13.2 Å². The van der Waals surface area contributed by atoms with Crippen molar-refractivity contribution in [3.63, 3.8) is 0 Å². The van der Waals surface area contributed by atoms with E-state index >= 15 is 0 Å². The number of para-hydroxylation sites is 1. The van der Waals surface area contributed by atoms with E-state index in [1.165, 1.54) is 6.08 Å². The molecule has 0 saturated carbocycles. The fraction of sp³-hybridized carbons (Fsp3) is 0.200. The highest BCUT2D eigenvalue weighted by Gasteiger charge is 2.36. The second-order valence-corrected chi connectivity index (χ2v) is 8.28. The van der Waals surface area contributed by atoms with Crippen molar-refractivity contribution in [3.05, 3.63) is 76.5 Å². The predicted molar refractivity (Wildman–Crippen MR) is 130 cm³/mol. The summed E-state index contributed by atoms with van der Waals surface area (Å²) in [4.78, 5) is 51.5. The number of rotatable bonds is 8. The van der Waals surface area contributed by atoms with E-state index in [0.29, 0.717) is 29.3 Å². The molecule has 0 radical (unpaired) electrons. The highest BCUT2D eigenvalue weighted by molar-refractivity contribution is 6.32. The molecule has 1 aromatic heterocycles. The fourth-order valence-electron chi connectivity index (χ4n) is 3.81. The minimum Gasteiger partial charge on any atom is -0.383 e. The summed E-state index contributed by atoms with van der Waals surface area (Å²) in [6, 6.07) is 13.4. The van der Waals surface area contributed by atoms with Crippen LogP contribution in [0.3, 0.4) is 0 Å². The zero-order valence-electron chi connectivity index (χ0n) is 18.9. The Morgan fingerprint density at radius 1 is 1.11 bits per heavy atom. The number of imide groups is 2. The Balaban J connectivity index is 1.65. The van der Waals surface area contributed by atoms with E-state index in [1.54, 1.807) is 42.1 Å². The summed E-state index contributed by atoms with van der Waals surface area (Å²) in [7, 11) is 1.55. The maximum absolute atomic E-state index is 13.2. The highest BCUT2D eigenvalue weighted by Crippen LogP contribution is 2.26. The summed E-state index contributed by atoms with van der Waals surface area (Å²) < 4.78 is 6.69. The van der Waals surface area contributed by atoms with Gasteiger partial charge in [-0.1, -0.05) is 48.0 Å². The van der Waals surface area contributed by atoms with Crippen LogP contribution < -0.4 is 10.6 Å². The zero-order valence-corrected chi connectivity index (χ0v) is 19.7. The number of carbonyl (C=O) groups excluding carboxylic acids is 4. The number of nitrogens with one attached hydrogen (secondary N) is 2. The van der Waals surface area contributed by atoms with Crippen LogP contribution in [-0.4, -0.2) is 53.5 Å². The van der Waals surface area contributed by atoms with Crippen molar-refractivity contribution >= 4 is 52.3 Å². The molecule has 2 N–H and O–H groups in total. The summed E-state index contributed by atoms with van der Waals surface area (Å²) in [5.74, 6) is -1.72. The van der Waals surface area contributed by atoms with Crippen molar-refractivity contribution in [2.45, 2.75) is 13.1 Å². The fourth-order valence-corrected chi connectivity index (χ4v) is 4.01. The van der Waals surface area contributed by atoms with Crippen molar-refractivity contribution in [2.24, 2.45) is 0 Å². The zero-order chi connectivity index (χ0) is 24.9. The molecule has 1 saturated heterocycles. The van der Waals surface area contributed by atoms with E-state index in [-0.39, 0.29) is 24.6 Å². The van der Waals surface area contributed by atoms with E-state index in [0.717, 1.165) is 15.8 Å². The summed E-state index contributed by atoms with van der Waals surface area (Å²) in [5, 5.41) is 6.14. The van der Waals surface area contributed by atoms with Gasteiger partial charge in [0.2, 0.25) is 5.91 Å². The predicted octanol–water partition coefficient (Wildman–Crippen LogP) is 2.72. The van der Waals surface area contributed by atoms with E-state index < -0.39 is 17.8 Å². The molecule has 180 valence electrons. The normalized spacial score (nSPS) is 15.1. The molecule has 0 aliphatic carbocycles.